The number of pyridine rings is 2. The van der Waals surface area contributed by atoms with Gasteiger partial charge in [-0.05, 0) is 48.9 Å². The second-order valence-corrected chi connectivity index (χ2v) is 11.3. The van der Waals surface area contributed by atoms with Gasteiger partial charge in [0.25, 0.3) is 5.56 Å². The number of aliphatic hydroxyl groups is 1. The summed E-state index contributed by atoms with van der Waals surface area (Å²) in [6.07, 6.45) is 2.58. The number of carbonyl (C=O) groups excluding carboxylic acids is 1. The van der Waals surface area contributed by atoms with Gasteiger partial charge in [-0.2, -0.15) is 11.8 Å². The van der Waals surface area contributed by atoms with Gasteiger partial charge in [-0.3, -0.25) is 9.32 Å². The van der Waals surface area contributed by atoms with Crippen molar-refractivity contribution in [2.75, 3.05) is 25.7 Å². The van der Waals surface area contributed by atoms with Crippen molar-refractivity contribution in [3.8, 4) is 17.1 Å². The molecule has 12 heteroatoms. The third-order valence-corrected chi connectivity index (χ3v) is 8.81. The van der Waals surface area contributed by atoms with Crippen LogP contribution in [0.1, 0.15) is 42.5 Å². The first-order valence-electron chi connectivity index (χ1n) is 12.7. The minimum atomic E-state index is -2.16. The number of hydrogen-bond acceptors (Lipinski definition) is 10. The summed E-state index contributed by atoms with van der Waals surface area (Å²) in [5, 5.41) is 11.9. The van der Waals surface area contributed by atoms with Gasteiger partial charge in [0, 0.05) is 29.4 Å². The molecule has 2 aromatic heterocycles. The van der Waals surface area contributed by atoms with Gasteiger partial charge in [-0.1, -0.05) is 13.8 Å². The van der Waals surface area contributed by atoms with Gasteiger partial charge in [-0.25, -0.2) is 9.78 Å². The van der Waals surface area contributed by atoms with E-state index in [2.05, 4.69) is 0 Å². The highest BCUT2D eigenvalue weighted by Crippen LogP contribution is 2.42. The van der Waals surface area contributed by atoms with Gasteiger partial charge in [0.1, 0.15) is 12.4 Å². The first-order valence-corrected chi connectivity index (χ1v) is 15.2. The summed E-state index contributed by atoms with van der Waals surface area (Å²) in [6.45, 7) is 4.07. The topological polar surface area (TPSA) is 129 Å². The summed E-state index contributed by atoms with van der Waals surface area (Å²) in [5.41, 5.74) is 2.23. The van der Waals surface area contributed by atoms with E-state index >= 15 is 0 Å². The van der Waals surface area contributed by atoms with Crippen molar-refractivity contribution in [3.63, 3.8) is 0 Å². The first kappa shape index (κ1) is 28.0. The molecule has 39 heavy (non-hydrogen) atoms. The summed E-state index contributed by atoms with van der Waals surface area (Å²) < 4.78 is 23.3. The van der Waals surface area contributed by atoms with Crippen molar-refractivity contribution in [2.45, 2.75) is 51.5 Å². The molecule has 0 radical (unpaired) electrons. The summed E-state index contributed by atoms with van der Waals surface area (Å²) in [6, 6.07) is 7.05. The highest BCUT2D eigenvalue weighted by Gasteiger charge is 2.45. The number of methoxy groups -OCH3 is 1. The predicted molar refractivity (Wildman–Crippen MR) is 149 cm³/mol. The van der Waals surface area contributed by atoms with E-state index in [1.165, 1.54) is 0 Å². The Hall–Kier alpha value is -2.53. The minimum absolute atomic E-state index is 0.0868. The lowest BCUT2D eigenvalue weighted by Crippen LogP contribution is -2.44. The molecule has 0 spiro atoms. The Morgan fingerprint density at radius 1 is 1.26 bits per heavy atom. The van der Waals surface area contributed by atoms with E-state index in [4.69, 9.17) is 23.5 Å². The zero-order valence-electron chi connectivity index (χ0n) is 22.2. The number of thioether (sulfide) groups is 1. The Morgan fingerprint density at radius 3 is 2.74 bits per heavy atom. The van der Waals surface area contributed by atoms with Gasteiger partial charge >= 0.3 is 14.6 Å². The van der Waals surface area contributed by atoms with Gasteiger partial charge < -0.3 is 28.6 Å². The number of ether oxygens (including phenoxy) is 2. The minimum Gasteiger partial charge on any atom is -0.458 e. The second-order valence-electron chi connectivity index (χ2n) is 9.49. The number of aromatic nitrogens is 2. The maximum atomic E-state index is 13.5. The lowest BCUT2D eigenvalue weighted by molar-refractivity contribution is -0.172. The van der Waals surface area contributed by atoms with Crippen LogP contribution in [0, 0.1) is 0 Å². The van der Waals surface area contributed by atoms with Crippen molar-refractivity contribution in [1.29, 1.82) is 0 Å². The Balaban J connectivity index is 1.51. The zero-order chi connectivity index (χ0) is 27.9. The normalized spacial score (nSPS) is 19.3. The smallest absolute Gasteiger partial charge is 0.394 e. The largest absolute Gasteiger partial charge is 0.458 e. The molecular weight excluding hydrogens is 543 g/mol. The van der Waals surface area contributed by atoms with Crippen molar-refractivity contribution in [1.82, 2.24) is 9.55 Å². The van der Waals surface area contributed by atoms with Crippen LogP contribution in [0.5, 0.6) is 5.75 Å². The Kier molecular flexibility index (Phi) is 8.01. The standard InChI is InChI=1S/C27H31N2O8PS/c1-5-17-18-9-15(37-38(33)36-12-16(34-3)14-39-4)7-8-22(18)28-24-19(17)11-29-23(24)10-21-20(25(29)30)13-35-26(31)27(21,32)6-2/h7-10,16,32-33H,5-6,11-14H2,1-4H3. The molecule has 1 aromatic carbocycles. The molecule has 0 bridgehead atoms. The summed E-state index contributed by atoms with van der Waals surface area (Å²) in [4.78, 5) is 41.1. The molecule has 2 aliphatic rings. The van der Waals surface area contributed by atoms with Crippen LogP contribution >= 0.6 is 20.4 Å². The van der Waals surface area contributed by atoms with Crippen LogP contribution in [0.3, 0.4) is 0 Å². The number of aryl methyl sites for hydroxylation is 1. The average Bonchev–Trinajstić information content (AvgIpc) is 3.30. The maximum absolute atomic E-state index is 13.5. The van der Waals surface area contributed by atoms with Gasteiger partial charge in [0.15, 0.2) is 5.60 Å². The van der Waals surface area contributed by atoms with Crippen LogP contribution in [-0.2, 0) is 44.0 Å². The lowest BCUT2D eigenvalue weighted by Gasteiger charge is -2.31. The Labute approximate surface area is 231 Å². The number of cyclic esters (lactones) is 1. The molecule has 3 unspecified atom stereocenters. The first-order chi connectivity index (χ1) is 18.7. The SMILES string of the molecule is CCc1c2c(nc3ccc(OP(O)OCC(CSC)OC)cc13)-c1cc3c(c(=O)n1C2)COC(=O)C3(O)CC. The lowest BCUT2D eigenvalue weighted by atomic mass is 9.86. The van der Waals surface area contributed by atoms with E-state index in [9.17, 15) is 19.6 Å². The van der Waals surface area contributed by atoms with Crippen LogP contribution in [0.2, 0.25) is 0 Å². The van der Waals surface area contributed by atoms with Crippen LogP contribution in [-0.4, -0.2) is 57.3 Å². The van der Waals surface area contributed by atoms with Crippen molar-refractivity contribution in [3.05, 3.63) is 56.9 Å². The van der Waals surface area contributed by atoms with Gasteiger partial charge in [0.2, 0.25) is 0 Å². The maximum Gasteiger partial charge on any atom is 0.394 e. The molecule has 2 aliphatic heterocycles. The quantitative estimate of drug-likeness (QED) is 0.214. The molecule has 0 fully saturated rings. The van der Waals surface area contributed by atoms with Crippen LogP contribution < -0.4 is 10.1 Å². The number of esters is 1. The van der Waals surface area contributed by atoms with E-state index < -0.39 is 20.2 Å². The van der Waals surface area contributed by atoms with E-state index in [0.29, 0.717) is 46.7 Å². The number of hydrogen-bond donors (Lipinski definition) is 2. The molecule has 3 aromatic rings. The number of fused-ring (bicyclic) bond motifs is 5. The highest BCUT2D eigenvalue weighted by molar-refractivity contribution is 7.98. The third-order valence-electron chi connectivity index (χ3n) is 7.37. The highest BCUT2D eigenvalue weighted by atomic mass is 32.2. The number of rotatable bonds is 10. The van der Waals surface area contributed by atoms with Gasteiger partial charge in [0.05, 0.1) is 41.7 Å². The summed E-state index contributed by atoms with van der Waals surface area (Å²) >= 11 is 1.63. The van der Waals surface area contributed by atoms with Gasteiger partial charge in [-0.15, -0.1) is 0 Å². The number of nitrogens with zero attached hydrogens (tertiary/aromatic N) is 2. The van der Waals surface area contributed by atoms with E-state index in [1.54, 1.807) is 48.6 Å². The van der Waals surface area contributed by atoms with E-state index in [0.717, 1.165) is 22.3 Å². The molecule has 208 valence electrons. The van der Waals surface area contributed by atoms with Crippen molar-refractivity contribution >= 4 is 37.2 Å². The fourth-order valence-electron chi connectivity index (χ4n) is 5.23. The van der Waals surface area contributed by atoms with E-state index in [1.807, 2.05) is 19.2 Å². The number of benzene rings is 1. The van der Waals surface area contributed by atoms with Crippen LogP contribution in [0.4, 0.5) is 0 Å². The Morgan fingerprint density at radius 2 is 2.05 bits per heavy atom. The van der Waals surface area contributed by atoms with Crippen LogP contribution in [0.25, 0.3) is 22.3 Å². The van der Waals surface area contributed by atoms with E-state index in [-0.39, 0.29) is 31.3 Å². The molecule has 10 nitrogen and oxygen atoms in total. The second kappa shape index (κ2) is 11.2. The molecule has 3 atom stereocenters. The molecule has 0 aliphatic carbocycles. The fraction of sp³-hybridized carbons (Fsp3) is 0.444. The molecule has 4 heterocycles. The van der Waals surface area contributed by atoms with Crippen LogP contribution in [0.15, 0.2) is 29.1 Å². The molecular formula is C27H31N2O8PS. The fourth-order valence-corrected chi connectivity index (χ4v) is 6.48. The summed E-state index contributed by atoms with van der Waals surface area (Å²) in [7, 11) is -0.559. The van der Waals surface area contributed by atoms with Crippen molar-refractivity contribution < 1.29 is 33.3 Å². The predicted octanol–water partition coefficient (Wildman–Crippen LogP) is 3.63. The average molecular weight is 575 g/mol. The zero-order valence-corrected chi connectivity index (χ0v) is 23.9. The molecule has 0 amide bonds. The summed E-state index contributed by atoms with van der Waals surface area (Å²) in [5.74, 6) is 0.434. The number of carbonyl (C=O) groups is 1. The van der Waals surface area contributed by atoms with Crippen molar-refractivity contribution in [2.24, 2.45) is 0 Å². The Bertz CT molecular complexity index is 1500. The monoisotopic (exact) mass is 574 g/mol. The molecule has 5 rings (SSSR count). The third kappa shape index (κ3) is 4.85. The molecule has 2 N–H and O–H groups in total. The molecule has 0 saturated heterocycles. The molecule has 0 saturated carbocycles.